The van der Waals surface area contributed by atoms with Crippen LogP contribution in [0.5, 0.6) is 5.75 Å². The number of ether oxygens (including phenoxy) is 1. The van der Waals surface area contributed by atoms with Crippen LogP contribution in [0.2, 0.25) is 0 Å². The molecule has 2 fully saturated rings. The molecule has 6 nitrogen and oxygen atoms in total. The normalized spacial score (nSPS) is 23.6. The molecule has 1 saturated carbocycles. The minimum Gasteiger partial charge on any atom is -0.496 e. The van der Waals surface area contributed by atoms with Gasteiger partial charge in [-0.3, -0.25) is 19.3 Å². The number of benzene rings is 2. The first kappa shape index (κ1) is 24.6. The van der Waals surface area contributed by atoms with Gasteiger partial charge in [0.2, 0.25) is 0 Å². The standard InChI is InChI=1S/C29H37F2N5O/c1-19-13-24-22(7-8-26-25(24)15-32-33-26)28(36(19)18-29(31)9-10-29)23-6-5-20(14-27(23)37-3)34(2)21-16-35(17-21)12-4-11-30/h5-8,14-15,19,21,28H,4,9-13,16-18H2,1-3H3,(H,32,33)/t19-,28?/m1/s1. The minimum atomic E-state index is -1.09. The fraction of sp³-hybridized carbons (Fsp3) is 0.552. The third-order valence-corrected chi connectivity index (χ3v) is 8.73. The molecule has 1 aliphatic carbocycles. The lowest BCUT2D eigenvalue weighted by Gasteiger charge is -2.45. The Morgan fingerprint density at radius 1 is 1.19 bits per heavy atom. The number of hydrogen-bond donors (Lipinski definition) is 1. The molecule has 2 atom stereocenters. The summed E-state index contributed by atoms with van der Waals surface area (Å²) in [5, 5.41) is 8.53. The van der Waals surface area contributed by atoms with Crippen molar-refractivity contribution in [3.05, 3.63) is 53.2 Å². The predicted molar refractivity (Wildman–Crippen MR) is 143 cm³/mol. The molecule has 1 saturated heterocycles. The van der Waals surface area contributed by atoms with E-state index in [1.54, 1.807) is 7.11 Å². The zero-order chi connectivity index (χ0) is 25.7. The smallest absolute Gasteiger partial charge is 0.126 e. The molecule has 0 bridgehead atoms. The second kappa shape index (κ2) is 9.55. The van der Waals surface area contributed by atoms with Gasteiger partial charge in [-0.15, -0.1) is 0 Å². The molecule has 3 aromatic rings. The minimum absolute atomic E-state index is 0.0968. The van der Waals surface area contributed by atoms with Gasteiger partial charge in [-0.2, -0.15) is 5.10 Å². The molecule has 8 heteroatoms. The Labute approximate surface area is 217 Å². The lowest BCUT2D eigenvalue weighted by atomic mass is 9.83. The summed E-state index contributed by atoms with van der Waals surface area (Å²) in [6.45, 7) is 5.09. The van der Waals surface area contributed by atoms with Gasteiger partial charge < -0.3 is 9.64 Å². The van der Waals surface area contributed by atoms with Crippen molar-refractivity contribution >= 4 is 16.6 Å². The van der Waals surface area contributed by atoms with E-state index >= 15 is 4.39 Å². The summed E-state index contributed by atoms with van der Waals surface area (Å²) >= 11 is 0. The highest BCUT2D eigenvalue weighted by Gasteiger charge is 2.48. The van der Waals surface area contributed by atoms with Gasteiger partial charge in [0.05, 0.1) is 37.6 Å². The Morgan fingerprint density at radius 2 is 1.97 bits per heavy atom. The van der Waals surface area contributed by atoms with Gasteiger partial charge in [0.15, 0.2) is 0 Å². The Hall–Kier alpha value is -2.71. The molecule has 1 aromatic heterocycles. The van der Waals surface area contributed by atoms with E-state index in [0.717, 1.165) is 54.0 Å². The first-order valence-electron chi connectivity index (χ1n) is 13.5. The van der Waals surface area contributed by atoms with Crippen LogP contribution in [0.15, 0.2) is 36.5 Å². The van der Waals surface area contributed by atoms with Crippen molar-refractivity contribution in [1.29, 1.82) is 0 Å². The number of H-pyrrole nitrogens is 1. The molecule has 37 heavy (non-hydrogen) atoms. The molecular weight excluding hydrogens is 472 g/mol. The monoisotopic (exact) mass is 509 g/mol. The van der Waals surface area contributed by atoms with E-state index in [0.29, 0.717) is 31.8 Å². The van der Waals surface area contributed by atoms with E-state index < -0.39 is 5.67 Å². The van der Waals surface area contributed by atoms with Crippen LogP contribution in [0.1, 0.15) is 48.9 Å². The second-order valence-corrected chi connectivity index (χ2v) is 11.2. The van der Waals surface area contributed by atoms with E-state index in [4.69, 9.17) is 4.74 Å². The summed E-state index contributed by atoms with van der Waals surface area (Å²) in [6, 6.07) is 11.2. The average molecular weight is 510 g/mol. The molecule has 2 aromatic carbocycles. The molecule has 3 aliphatic rings. The molecule has 3 heterocycles. The van der Waals surface area contributed by atoms with Gasteiger partial charge in [-0.05, 0) is 55.9 Å². The Kier molecular flexibility index (Phi) is 6.35. The average Bonchev–Trinajstić information content (AvgIpc) is 3.40. The molecule has 198 valence electrons. The highest BCUT2D eigenvalue weighted by atomic mass is 19.1. The first-order chi connectivity index (χ1) is 17.9. The van der Waals surface area contributed by atoms with Crippen LogP contribution in [-0.2, 0) is 6.42 Å². The number of nitrogens with zero attached hydrogens (tertiary/aromatic N) is 4. The quantitative estimate of drug-likeness (QED) is 0.445. The van der Waals surface area contributed by atoms with Crippen molar-refractivity contribution in [2.45, 2.75) is 56.4 Å². The van der Waals surface area contributed by atoms with Gasteiger partial charge in [0, 0.05) is 62.0 Å². The number of halogens is 2. The Balaban J connectivity index is 1.35. The van der Waals surface area contributed by atoms with Crippen LogP contribution < -0.4 is 9.64 Å². The first-order valence-corrected chi connectivity index (χ1v) is 13.5. The van der Waals surface area contributed by atoms with Crippen LogP contribution in [0.3, 0.4) is 0 Å². The van der Waals surface area contributed by atoms with Crippen molar-refractivity contribution in [1.82, 2.24) is 20.0 Å². The van der Waals surface area contributed by atoms with Gasteiger partial charge in [-0.25, -0.2) is 4.39 Å². The third kappa shape index (κ3) is 4.48. The number of rotatable bonds is 9. The van der Waals surface area contributed by atoms with E-state index in [9.17, 15) is 4.39 Å². The SMILES string of the molecule is COc1cc(N(C)C2CN(CCCF)C2)ccc1C1c2ccc3[nH]ncc3c2C[C@@H](C)N1CC1(F)CC1. The third-order valence-electron chi connectivity index (χ3n) is 8.73. The van der Waals surface area contributed by atoms with Gasteiger partial charge in [0.1, 0.15) is 11.4 Å². The van der Waals surface area contributed by atoms with Crippen LogP contribution in [0.25, 0.3) is 10.9 Å². The molecule has 2 aliphatic heterocycles. The number of likely N-dealkylation sites (N-methyl/N-ethyl adjacent to an activating group) is 1. The van der Waals surface area contributed by atoms with Gasteiger partial charge >= 0.3 is 0 Å². The number of likely N-dealkylation sites (tertiary alicyclic amines) is 1. The van der Waals surface area contributed by atoms with Gasteiger partial charge in [-0.1, -0.05) is 12.1 Å². The zero-order valence-electron chi connectivity index (χ0n) is 22.0. The van der Waals surface area contributed by atoms with Crippen molar-refractivity contribution in [2.75, 3.05) is 51.9 Å². The summed E-state index contributed by atoms with van der Waals surface area (Å²) in [4.78, 5) is 6.94. The number of alkyl halides is 2. The molecule has 6 rings (SSSR count). The van der Waals surface area contributed by atoms with Crippen LogP contribution in [-0.4, -0.2) is 84.8 Å². The summed E-state index contributed by atoms with van der Waals surface area (Å²) in [6.07, 6.45) is 4.66. The lowest BCUT2D eigenvalue weighted by molar-refractivity contribution is 0.0973. The van der Waals surface area contributed by atoms with E-state index in [2.05, 4.69) is 69.2 Å². The van der Waals surface area contributed by atoms with Crippen molar-refractivity contribution in [3.8, 4) is 5.75 Å². The lowest BCUT2D eigenvalue weighted by Crippen LogP contribution is -2.58. The number of aromatic nitrogens is 2. The summed E-state index contributed by atoms with van der Waals surface area (Å²) in [7, 11) is 3.84. The number of nitrogens with one attached hydrogen (secondary N) is 1. The Morgan fingerprint density at radius 3 is 2.70 bits per heavy atom. The number of fused-ring (bicyclic) bond motifs is 3. The topological polar surface area (TPSA) is 47.6 Å². The Bertz CT molecular complexity index is 1270. The predicted octanol–water partition coefficient (Wildman–Crippen LogP) is 4.89. The van der Waals surface area contributed by atoms with Crippen molar-refractivity contribution < 1.29 is 13.5 Å². The molecule has 0 spiro atoms. The fourth-order valence-electron chi connectivity index (χ4n) is 6.25. The summed E-state index contributed by atoms with van der Waals surface area (Å²) in [5.41, 5.74) is 4.61. The number of aromatic amines is 1. The van der Waals surface area contributed by atoms with Crippen LogP contribution >= 0.6 is 0 Å². The van der Waals surface area contributed by atoms with Crippen LogP contribution in [0, 0.1) is 0 Å². The highest BCUT2D eigenvalue weighted by molar-refractivity contribution is 5.83. The zero-order valence-corrected chi connectivity index (χ0v) is 22.0. The maximum Gasteiger partial charge on any atom is 0.126 e. The molecule has 1 unspecified atom stereocenters. The van der Waals surface area contributed by atoms with E-state index in [-0.39, 0.29) is 18.8 Å². The van der Waals surface area contributed by atoms with E-state index in [1.165, 1.54) is 11.1 Å². The maximum absolute atomic E-state index is 15.2. The fourth-order valence-corrected chi connectivity index (χ4v) is 6.25. The molecular formula is C29H37F2N5O. The van der Waals surface area contributed by atoms with Crippen LogP contribution in [0.4, 0.5) is 14.5 Å². The summed E-state index contributed by atoms with van der Waals surface area (Å²) in [5.74, 6) is 0.823. The molecule has 1 N–H and O–H groups in total. The number of methoxy groups -OCH3 is 1. The maximum atomic E-state index is 15.2. The van der Waals surface area contributed by atoms with Crippen molar-refractivity contribution in [2.24, 2.45) is 0 Å². The number of anilines is 1. The molecule has 0 radical (unpaired) electrons. The largest absolute Gasteiger partial charge is 0.496 e. The van der Waals surface area contributed by atoms with Crippen molar-refractivity contribution in [3.63, 3.8) is 0 Å². The van der Waals surface area contributed by atoms with E-state index in [1.807, 2.05) is 6.20 Å². The molecule has 0 amide bonds. The number of hydrogen-bond acceptors (Lipinski definition) is 5. The second-order valence-electron chi connectivity index (χ2n) is 11.2. The van der Waals surface area contributed by atoms with Gasteiger partial charge in [0.25, 0.3) is 0 Å². The summed E-state index contributed by atoms with van der Waals surface area (Å²) < 4.78 is 33.7. The highest BCUT2D eigenvalue weighted by Crippen LogP contribution is 2.48.